The summed E-state index contributed by atoms with van der Waals surface area (Å²) in [5, 5.41) is 9.24. The van der Waals surface area contributed by atoms with E-state index in [1.54, 1.807) is 6.92 Å². The molecule has 0 amide bonds. The van der Waals surface area contributed by atoms with Crippen molar-refractivity contribution in [2.45, 2.75) is 77.9 Å². The van der Waals surface area contributed by atoms with Gasteiger partial charge in [0.05, 0.1) is 11.7 Å². The van der Waals surface area contributed by atoms with E-state index in [4.69, 9.17) is 4.74 Å². The molecule has 0 aromatic heterocycles. The minimum Gasteiger partial charge on any atom is -0.478 e. The van der Waals surface area contributed by atoms with E-state index >= 15 is 0 Å². The van der Waals surface area contributed by atoms with Crippen LogP contribution in [0, 0.1) is 28.6 Å². The van der Waals surface area contributed by atoms with Gasteiger partial charge in [0.2, 0.25) is 0 Å². The third-order valence-corrected chi connectivity index (χ3v) is 8.38. The van der Waals surface area contributed by atoms with E-state index < -0.39 is 5.97 Å². The van der Waals surface area contributed by atoms with Gasteiger partial charge in [-0.25, -0.2) is 4.79 Å². The number of hydrogen-bond donors (Lipinski definition) is 1. The Balaban J connectivity index is 1.78. The minimum absolute atomic E-state index is 0.0134. The number of aliphatic carboxylic acids is 1. The lowest BCUT2D eigenvalue weighted by molar-refractivity contribution is -0.221. The molecule has 0 aromatic carbocycles. The second-order valence-corrected chi connectivity index (χ2v) is 9.33. The number of hydrogen-bond acceptors (Lipinski definition) is 2. The quantitative estimate of drug-likeness (QED) is 0.767. The summed E-state index contributed by atoms with van der Waals surface area (Å²) >= 11 is 0. The molecule has 0 aromatic rings. The van der Waals surface area contributed by atoms with Crippen LogP contribution in [0.2, 0.25) is 0 Å². The van der Waals surface area contributed by atoms with Crippen molar-refractivity contribution in [3.63, 3.8) is 0 Å². The molecule has 128 valence electrons. The molecule has 1 saturated heterocycles. The topological polar surface area (TPSA) is 46.5 Å². The highest BCUT2D eigenvalue weighted by Crippen LogP contribution is 2.77. The molecule has 1 spiro atoms. The van der Waals surface area contributed by atoms with Crippen LogP contribution >= 0.6 is 0 Å². The molecule has 6 atom stereocenters. The van der Waals surface area contributed by atoms with E-state index in [1.165, 1.54) is 32.1 Å². The molecule has 4 rings (SSSR count). The van der Waals surface area contributed by atoms with Gasteiger partial charge in [-0.1, -0.05) is 20.8 Å². The fourth-order valence-electron chi connectivity index (χ4n) is 7.20. The van der Waals surface area contributed by atoms with Crippen LogP contribution in [0.25, 0.3) is 0 Å². The van der Waals surface area contributed by atoms with Crippen molar-refractivity contribution in [2.24, 2.45) is 28.6 Å². The van der Waals surface area contributed by atoms with Crippen LogP contribution in [0.5, 0.6) is 0 Å². The number of fused-ring (bicyclic) bond motifs is 1. The first kappa shape index (κ1) is 15.7. The Labute approximate surface area is 139 Å². The first-order valence-electron chi connectivity index (χ1n) is 9.32. The molecular weight excluding hydrogens is 288 g/mol. The van der Waals surface area contributed by atoms with Crippen molar-refractivity contribution in [3.8, 4) is 0 Å². The largest absolute Gasteiger partial charge is 0.478 e. The van der Waals surface area contributed by atoms with Crippen molar-refractivity contribution in [3.05, 3.63) is 11.6 Å². The van der Waals surface area contributed by atoms with Crippen molar-refractivity contribution in [1.82, 2.24) is 0 Å². The fourth-order valence-corrected chi connectivity index (χ4v) is 7.20. The average molecular weight is 318 g/mol. The molecule has 1 aliphatic heterocycles. The standard InChI is InChI=1S/C20H30O3/c1-12(17(21)22)9-15-10-16-18(3,4)14-6-8-19(23-15)7-5-13(2)20(16,19)11-14/h9,13-16H,5-8,10-11H2,1-4H3,(H,21,22)/b12-9+/t13-,14-,15+,16-,19+,20-/m1/s1. The van der Waals surface area contributed by atoms with Gasteiger partial charge in [-0.15, -0.1) is 0 Å². The van der Waals surface area contributed by atoms with Crippen LogP contribution in [-0.2, 0) is 9.53 Å². The van der Waals surface area contributed by atoms with Crippen LogP contribution in [0.3, 0.4) is 0 Å². The summed E-state index contributed by atoms with van der Waals surface area (Å²) in [7, 11) is 0. The Morgan fingerprint density at radius 3 is 2.65 bits per heavy atom. The first-order chi connectivity index (χ1) is 10.7. The van der Waals surface area contributed by atoms with Gasteiger partial charge in [-0.3, -0.25) is 0 Å². The minimum atomic E-state index is -0.822. The molecule has 0 unspecified atom stereocenters. The molecule has 1 heterocycles. The molecular formula is C20H30O3. The third-order valence-electron chi connectivity index (χ3n) is 8.38. The second kappa shape index (κ2) is 4.62. The average Bonchev–Trinajstić information content (AvgIpc) is 2.90. The maximum absolute atomic E-state index is 11.2. The molecule has 0 radical (unpaired) electrons. The number of rotatable bonds is 2. The van der Waals surface area contributed by atoms with Crippen LogP contribution in [0.15, 0.2) is 11.6 Å². The predicted molar refractivity (Wildman–Crippen MR) is 89.1 cm³/mol. The van der Waals surface area contributed by atoms with Gasteiger partial charge in [-0.05, 0) is 74.7 Å². The summed E-state index contributed by atoms with van der Waals surface area (Å²) in [4.78, 5) is 11.2. The van der Waals surface area contributed by atoms with E-state index in [0.717, 1.165) is 18.3 Å². The molecule has 3 saturated carbocycles. The SMILES string of the molecule is C/C(=C\[C@H]1C[C@@H]2C(C)(C)[C@@H]3CC[C@]4(CC[C@@H](C)[C@]24C3)O1)C(=O)O. The van der Waals surface area contributed by atoms with Gasteiger partial charge in [-0.2, -0.15) is 0 Å². The van der Waals surface area contributed by atoms with Crippen molar-refractivity contribution >= 4 is 5.97 Å². The summed E-state index contributed by atoms with van der Waals surface area (Å²) < 4.78 is 6.73. The molecule has 1 N–H and O–H groups in total. The van der Waals surface area contributed by atoms with Gasteiger partial charge in [0.1, 0.15) is 0 Å². The Morgan fingerprint density at radius 1 is 1.26 bits per heavy atom. The lowest BCUT2D eigenvalue weighted by Crippen LogP contribution is -2.58. The zero-order valence-electron chi connectivity index (χ0n) is 14.9. The maximum Gasteiger partial charge on any atom is 0.331 e. The summed E-state index contributed by atoms with van der Waals surface area (Å²) in [6, 6.07) is 0. The van der Waals surface area contributed by atoms with Gasteiger partial charge < -0.3 is 9.84 Å². The molecule has 23 heavy (non-hydrogen) atoms. The zero-order valence-corrected chi connectivity index (χ0v) is 14.9. The summed E-state index contributed by atoms with van der Waals surface area (Å²) in [5.41, 5.74) is 1.14. The molecule has 3 nitrogen and oxygen atoms in total. The van der Waals surface area contributed by atoms with Crippen LogP contribution in [0.1, 0.15) is 66.2 Å². The Hall–Kier alpha value is -0.830. The Kier molecular flexibility index (Phi) is 3.15. The number of carboxylic acids is 1. The highest BCUT2D eigenvalue weighted by atomic mass is 16.5. The first-order valence-corrected chi connectivity index (χ1v) is 9.32. The number of carboxylic acid groups (broad SMARTS) is 1. The Bertz CT molecular complexity index is 577. The monoisotopic (exact) mass is 318 g/mol. The smallest absolute Gasteiger partial charge is 0.331 e. The van der Waals surface area contributed by atoms with Crippen molar-refractivity contribution in [2.75, 3.05) is 0 Å². The van der Waals surface area contributed by atoms with Gasteiger partial charge in [0, 0.05) is 11.0 Å². The lowest BCUT2D eigenvalue weighted by atomic mass is 9.56. The lowest BCUT2D eigenvalue weighted by Gasteiger charge is -2.57. The Morgan fingerprint density at radius 2 is 1.96 bits per heavy atom. The van der Waals surface area contributed by atoms with E-state index in [9.17, 15) is 9.90 Å². The highest BCUT2D eigenvalue weighted by molar-refractivity contribution is 5.85. The second-order valence-electron chi connectivity index (χ2n) is 9.33. The summed E-state index contributed by atoms with van der Waals surface area (Å²) in [5.74, 6) is 1.39. The van der Waals surface area contributed by atoms with E-state index in [2.05, 4.69) is 20.8 Å². The van der Waals surface area contributed by atoms with Crippen LogP contribution in [-0.4, -0.2) is 22.8 Å². The summed E-state index contributed by atoms with van der Waals surface area (Å²) in [6.45, 7) is 9.07. The third kappa shape index (κ3) is 1.78. The predicted octanol–water partition coefficient (Wildman–Crippen LogP) is 4.42. The number of carbonyl (C=O) groups is 1. The van der Waals surface area contributed by atoms with Crippen molar-refractivity contribution < 1.29 is 14.6 Å². The van der Waals surface area contributed by atoms with Crippen LogP contribution in [0.4, 0.5) is 0 Å². The van der Waals surface area contributed by atoms with Gasteiger partial charge in [0.15, 0.2) is 0 Å². The fraction of sp³-hybridized carbons (Fsp3) is 0.850. The molecule has 3 aliphatic carbocycles. The molecule has 4 fully saturated rings. The van der Waals surface area contributed by atoms with Gasteiger partial charge in [0.25, 0.3) is 0 Å². The van der Waals surface area contributed by atoms with E-state index in [0.29, 0.717) is 22.3 Å². The van der Waals surface area contributed by atoms with E-state index in [1.807, 2.05) is 6.08 Å². The molecule has 4 aliphatic rings. The van der Waals surface area contributed by atoms with E-state index in [-0.39, 0.29) is 11.7 Å². The normalized spacial score (nSPS) is 50.7. The number of ether oxygens (including phenoxy) is 1. The summed E-state index contributed by atoms with van der Waals surface area (Å²) in [6.07, 6.45) is 9.10. The molecule has 2 bridgehead atoms. The van der Waals surface area contributed by atoms with Crippen molar-refractivity contribution in [1.29, 1.82) is 0 Å². The highest BCUT2D eigenvalue weighted by Gasteiger charge is 2.74. The van der Waals surface area contributed by atoms with Gasteiger partial charge >= 0.3 is 5.97 Å². The van der Waals surface area contributed by atoms with Crippen LogP contribution < -0.4 is 0 Å². The molecule has 3 heteroatoms. The zero-order chi connectivity index (χ0) is 16.6. The maximum atomic E-state index is 11.2.